The third-order valence-corrected chi connectivity index (χ3v) is 6.39. The predicted octanol–water partition coefficient (Wildman–Crippen LogP) is -0.862. The van der Waals surface area contributed by atoms with E-state index < -0.39 is 20.0 Å². The lowest BCUT2D eigenvalue weighted by Gasteiger charge is -2.11. The first kappa shape index (κ1) is 16.8. The molecule has 2 rings (SSSR count). The summed E-state index contributed by atoms with van der Waals surface area (Å²) in [5, 5.41) is 7.65. The van der Waals surface area contributed by atoms with Gasteiger partial charge in [0.1, 0.15) is 5.52 Å². The molecule has 0 saturated heterocycles. The summed E-state index contributed by atoms with van der Waals surface area (Å²) in [5.41, 5.74) is 1.15. The summed E-state index contributed by atoms with van der Waals surface area (Å²) in [4.78, 5) is 0.0164. The number of fused-ring (bicyclic) bond motifs is 1. The Balaban J connectivity index is 2.15. The minimum absolute atomic E-state index is 0.0164. The molecule has 0 saturated carbocycles. The molecule has 11 heteroatoms. The van der Waals surface area contributed by atoms with Crippen LogP contribution in [0.3, 0.4) is 0 Å². The van der Waals surface area contributed by atoms with E-state index in [1.165, 1.54) is 30.9 Å². The zero-order valence-electron chi connectivity index (χ0n) is 12.4. The molecule has 0 unspecified atom stereocenters. The average molecular weight is 347 g/mol. The molecule has 1 N–H and O–H groups in total. The molecule has 1 aromatic carbocycles. The van der Waals surface area contributed by atoms with Gasteiger partial charge in [0.25, 0.3) is 0 Å². The number of hydrogen-bond donors (Lipinski definition) is 1. The molecule has 0 atom stereocenters. The second-order valence-corrected chi connectivity index (χ2v) is 8.93. The molecule has 0 aliphatic rings. The van der Waals surface area contributed by atoms with Gasteiger partial charge in [-0.3, -0.25) is 0 Å². The molecule has 0 aliphatic carbocycles. The van der Waals surface area contributed by atoms with Crippen LogP contribution in [0.4, 0.5) is 0 Å². The van der Waals surface area contributed by atoms with Crippen LogP contribution in [0.1, 0.15) is 0 Å². The van der Waals surface area contributed by atoms with Gasteiger partial charge in [0, 0.05) is 27.7 Å². The first-order valence-corrected chi connectivity index (χ1v) is 9.42. The fourth-order valence-electron chi connectivity index (χ4n) is 1.76. The van der Waals surface area contributed by atoms with Crippen LogP contribution < -0.4 is 4.72 Å². The number of aromatic nitrogens is 3. The summed E-state index contributed by atoms with van der Waals surface area (Å²) in [6, 6.07) is 4.42. The van der Waals surface area contributed by atoms with Crippen LogP contribution in [0.2, 0.25) is 0 Å². The molecular weight excluding hydrogens is 330 g/mol. The van der Waals surface area contributed by atoms with Crippen LogP contribution in [-0.2, 0) is 27.1 Å². The number of rotatable bonds is 6. The maximum absolute atomic E-state index is 12.2. The number of aryl methyl sites for hydroxylation is 1. The maximum Gasteiger partial charge on any atom is 0.240 e. The van der Waals surface area contributed by atoms with Crippen LogP contribution in [0.25, 0.3) is 11.0 Å². The summed E-state index contributed by atoms with van der Waals surface area (Å²) < 4.78 is 52.4. The quantitative estimate of drug-likeness (QED) is 0.727. The molecule has 1 aromatic heterocycles. The topological polar surface area (TPSA) is 114 Å². The highest BCUT2D eigenvalue weighted by Crippen LogP contribution is 2.16. The van der Waals surface area contributed by atoms with Crippen molar-refractivity contribution in [1.29, 1.82) is 0 Å². The number of hydrogen-bond acceptors (Lipinski definition) is 6. The first-order chi connectivity index (χ1) is 10.1. The van der Waals surface area contributed by atoms with Crippen molar-refractivity contribution in [3.63, 3.8) is 0 Å². The van der Waals surface area contributed by atoms with Gasteiger partial charge in [-0.05, 0) is 18.2 Å². The average Bonchev–Trinajstić information content (AvgIpc) is 2.79. The summed E-state index contributed by atoms with van der Waals surface area (Å²) in [7, 11) is -2.76. The van der Waals surface area contributed by atoms with E-state index in [1.54, 1.807) is 13.1 Å². The van der Waals surface area contributed by atoms with Crippen LogP contribution in [0.15, 0.2) is 23.1 Å². The minimum atomic E-state index is -3.80. The summed E-state index contributed by atoms with van der Waals surface area (Å²) >= 11 is 0. The number of nitrogens with zero attached hydrogens (tertiary/aromatic N) is 4. The lowest BCUT2D eigenvalue weighted by molar-refractivity contribution is 0.519. The van der Waals surface area contributed by atoms with Crippen molar-refractivity contribution in [3.8, 4) is 0 Å². The number of benzene rings is 1. The van der Waals surface area contributed by atoms with Gasteiger partial charge in [0.2, 0.25) is 20.0 Å². The van der Waals surface area contributed by atoms with Crippen molar-refractivity contribution < 1.29 is 16.8 Å². The highest BCUT2D eigenvalue weighted by molar-refractivity contribution is 7.90. The summed E-state index contributed by atoms with van der Waals surface area (Å²) in [6.45, 7) is -0.207. The van der Waals surface area contributed by atoms with Gasteiger partial charge in [-0.25, -0.2) is 30.5 Å². The van der Waals surface area contributed by atoms with Crippen LogP contribution in [0, 0.1) is 0 Å². The Hall–Kier alpha value is -1.56. The van der Waals surface area contributed by atoms with Gasteiger partial charge in [0.05, 0.1) is 16.2 Å². The highest BCUT2D eigenvalue weighted by atomic mass is 32.2. The van der Waals surface area contributed by atoms with E-state index in [0.29, 0.717) is 11.0 Å². The van der Waals surface area contributed by atoms with Crippen molar-refractivity contribution >= 4 is 31.1 Å². The molecule has 1 heterocycles. The molecule has 0 bridgehead atoms. The van der Waals surface area contributed by atoms with Crippen molar-refractivity contribution in [2.75, 3.05) is 26.4 Å². The van der Waals surface area contributed by atoms with Crippen molar-refractivity contribution in [3.05, 3.63) is 18.2 Å². The second kappa shape index (κ2) is 5.91. The summed E-state index contributed by atoms with van der Waals surface area (Å²) in [5.74, 6) is -0.313. The standard InChI is InChI=1S/C11H17N5O4S2/c1-15(2)21(17,18)7-6-12-22(19,20)9-4-5-11-10(8-9)13-14-16(11)3/h4-5,8,12H,6-7H2,1-3H3. The van der Waals surface area contributed by atoms with Gasteiger partial charge in [0.15, 0.2) is 0 Å². The van der Waals surface area contributed by atoms with Gasteiger partial charge in [-0.1, -0.05) is 5.21 Å². The first-order valence-electron chi connectivity index (χ1n) is 6.33. The van der Waals surface area contributed by atoms with E-state index in [-0.39, 0.29) is 17.2 Å². The Labute approximate surface area is 129 Å². The molecule has 0 radical (unpaired) electrons. The zero-order chi connectivity index (χ0) is 16.5. The Morgan fingerprint density at radius 3 is 2.55 bits per heavy atom. The van der Waals surface area contributed by atoms with Gasteiger partial charge < -0.3 is 0 Å². The maximum atomic E-state index is 12.2. The predicted molar refractivity (Wildman–Crippen MR) is 81.2 cm³/mol. The molecule has 0 spiro atoms. The Kier molecular flexibility index (Phi) is 4.52. The Morgan fingerprint density at radius 2 is 1.91 bits per heavy atom. The molecule has 22 heavy (non-hydrogen) atoms. The summed E-state index contributed by atoms with van der Waals surface area (Å²) in [6.07, 6.45) is 0. The van der Waals surface area contributed by atoms with E-state index in [2.05, 4.69) is 15.0 Å². The Morgan fingerprint density at radius 1 is 1.23 bits per heavy atom. The SMILES string of the molecule is CN(C)S(=O)(=O)CCNS(=O)(=O)c1ccc2c(c1)nnn2C. The largest absolute Gasteiger partial charge is 0.248 e. The molecule has 0 fully saturated rings. The van der Waals surface area contributed by atoms with Crippen LogP contribution >= 0.6 is 0 Å². The fraction of sp³-hybridized carbons (Fsp3) is 0.455. The smallest absolute Gasteiger partial charge is 0.240 e. The van der Waals surface area contributed by atoms with E-state index in [4.69, 9.17) is 0 Å². The normalized spacial score (nSPS) is 13.1. The second-order valence-electron chi connectivity index (χ2n) is 4.86. The lowest BCUT2D eigenvalue weighted by Crippen LogP contribution is -2.33. The minimum Gasteiger partial charge on any atom is -0.248 e. The van der Waals surface area contributed by atoms with Gasteiger partial charge in [-0.2, -0.15) is 0 Å². The molecular formula is C11H17N5O4S2. The van der Waals surface area contributed by atoms with Gasteiger partial charge >= 0.3 is 0 Å². The van der Waals surface area contributed by atoms with Gasteiger partial charge in [-0.15, -0.1) is 5.10 Å². The van der Waals surface area contributed by atoms with Crippen LogP contribution in [-0.4, -0.2) is 62.5 Å². The Bertz CT molecular complexity index is 886. The van der Waals surface area contributed by atoms with Crippen molar-refractivity contribution in [2.45, 2.75) is 4.90 Å². The van der Waals surface area contributed by atoms with E-state index >= 15 is 0 Å². The van der Waals surface area contributed by atoms with E-state index in [9.17, 15) is 16.8 Å². The molecule has 122 valence electrons. The van der Waals surface area contributed by atoms with Crippen molar-refractivity contribution in [1.82, 2.24) is 24.0 Å². The number of sulfonamides is 2. The third kappa shape index (κ3) is 3.43. The lowest BCUT2D eigenvalue weighted by atomic mass is 10.3. The monoisotopic (exact) mass is 347 g/mol. The molecule has 0 aliphatic heterocycles. The molecule has 9 nitrogen and oxygen atoms in total. The number of nitrogens with one attached hydrogen (secondary N) is 1. The van der Waals surface area contributed by atoms with E-state index in [0.717, 1.165) is 4.31 Å². The third-order valence-electron chi connectivity index (χ3n) is 3.10. The zero-order valence-corrected chi connectivity index (χ0v) is 14.0. The van der Waals surface area contributed by atoms with E-state index in [1.807, 2.05) is 0 Å². The molecule has 0 amide bonds. The molecule has 2 aromatic rings. The highest BCUT2D eigenvalue weighted by Gasteiger charge is 2.18. The van der Waals surface area contributed by atoms with Crippen molar-refractivity contribution in [2.24, 2.45) is 7.05 Å². The van der Waals surface area contributed by atoms with Crippen LogP contribution in [0.5, 0.6) is 0 Å². The fourth-order valence-corrected chi connectivity index (χ4v) is 3.66.